The van der Waals surface area contributed by atoms with Gasteiger partial charge in [0.15, 0.2) is 0 Å². The van der Waals surface area contributed by atoms with Gasteiger partial charge in [-0.05, 0) is 33.6 Å². The first-order chi connectivity index (χ1) is 7.11. The van der Waals surface area contributed by atoms with E-state index < -0.39 is 0 Å². The molecule has 1 aromatic heterocycles. The maximum absolute atomic E-state index is 6.18. The molecule has 1 atom stereocenters. The van der Waals surface area contributed by atoms with Crippen LogP contribution in [0, 0.1) is 13.8 Å². The molecule has 15 heavy (non-hydrogen) atoms. The van der Waals surface area contributed by atoms with Crippen molar-refractivity contribution in [2.24, 2.45) is 0 Å². The van der Waals surface area contributed by atoms with E-state index in [0.717, 1.165) is 5.69 Å². The van der Waals surface area contributed by atoms with Gasteiger partial charge in [-0.15, -0.1) is 11.6 Å². The molecule has 0 radical (unpaired) electrons. The van der Waals surface area contributed by atoms with Crippen LogP contribution in [0.1, 0.15) is 61.0 Å². The van der Waals surface area contributed by atoms with Gasteiger partial charge in [0.1, 0.15) is 0 Å². The van der Waals surface area contributed by atoms with Crippen molar-refractivity contribution in [3.8, 4) is 0 Å². The van der Waals surface area contributed by atoms with Crippen LogP contribution in [0.15, 0.2) is 0 Å². The minimum Gasteiger partial charge on any atom is -0.266 e. The smallest absolute Gasteiger partial charge is 0.0643 e. The second-order valence-electron chi connectivity index (χ2n) is 4.58. The lowest BCUT2D eigenvalue weighted by atomic mass is 10.1. The van der Waals surface area contributed by atoms with Crippen LogP contribution in [0.2, 0.25) is 0 Å². The van der Waals surface area contributed by atoms with Crippen LogP contribution < -0.4 is 0 Å². The van der Waals surface area contributed by atoms with Gasteiger partial charge in [-0.1, -0.05) is 12.8 Å². The van der Waals surface area contributed by atoms with Gasteiger partial charge in [0, 0.05) is 11.3 Å². The zero-order valence-electron chi connectivity index (χ0n) is 9.76. The molecule has 1 aromatic rings. The Morgan fingerprint density at radius 2 is 1.93 bits per heavy atom. The predicted octanol–water partition coefficient (Wildman–Crippen LogP) is 3.91. The van der Waals surface area contributed by atoms with E-state index in [1.54, 1.807) is 0 Å². The van der Waals surface area contributed by atoms with Gasteiger partial charge in [-0.2, -0.15) is 5.10 Å². The fourth-order valence-corrected chi connectivity index (χ4v) is 3.07. The fraction of sp³-hybridized carbons (Fsp3) is 0.750. The zero-order chi connectivity index (χ0) is 11.0. The summed E-state index contributed by atoms with van der Waals surface area (Å²) in [5.74, 6) is 0. The number of alkyl halides is 1. The maximum atomic E-state index is 6.18. The summed E-state index contributed by atoms with van der Waals surface area (Å²) in [5.41, 5.74) is 3.59. The molecule has 0 saturated heterocycles. The summed E-state index contributed by atoms with van der Waals surface area (Å²) in [6.45, 7) is 6.23. The monoisotopic (exact) mass is 226 g/mol. The van der Waals surface area contributed by atoms with Crippen molar-refractivity contribution in [2.75, 3.05) is 0 Å². The molecule has 0 spiro atoms. The summed E-state index contributed by atoms with van der Waals surface area (Å²) in [6, 6.07) is 0.618. The third-order valence-corrected chi connectivity index (χ3v) is 3.67. The number of aryl methyl sites for hydroxylation is 1. The SMILES string of the molecule is Cc1nn(C2CCCC2)c(C)c1C(C)Cl. The maximum Gasteiger partial charge on any atom is 0.0643 e. The topological polar surface area (TPSA) is 17.8 Å². The van der Waals surface area contributed by atoms with Crippen molar-refractivity contribution in [1.29, 1.82) is 0 Å². The van der Waals surface area contributed by atoms with Crippen LogP contribution in [0.3, 0.4) is 0 Å². The fourth-order valence-electron chi connectivity index (χ4n) is 2.76. The van der Waals surface area contributed by atoms with Gasteiger partial charge in [0.2, 0.25) is 0 Å². The van der Waals surface area contributed by atoms with Crippen molar-refractivity contribution >= 4 is 11.6 Å². The molecule has 0 aliphatic heterocycles. The molecule has 2 nitrogen and oxygen atoms in total. The van der Waals surface area contributed by atoms with E-state index in [0.29, 0.717) is 6.04 Å². The molecule has 2 rings (SSSR count). The molecule has 1 aliphatic carbocycles. The standard InChI is InChI=1S/C12H19ClN2/c1-8(13)12-9(2)14-15(10(12)3)11-6-4-5-7-11/h8,11H,4-7H2,1-3H3. The lowest BCUT2D eigenvalue weighted by Gasteiger charge is -2.12. The molecule has 3 heteroatoms. The predicted molar refractivity (Wildman–Crippen MR) is 63.5 cm³/mol. The van der Waals surface area contributed by atoms with Crippen LogP contribution in [0.4, 0.5) is 0 Å². The molecule has 1 unspecified atom stereocenters. The summed E-state index contributed by atoms with van der Waals surface area (Å²) in [4.78, 5) is 0. The molecule has 0 N–H and O–H groups in total. The summed E-state index contributed by atoms with van der Waals surface area (Å²) >= 11 is 6.18. The Hall–Kier alpha value is -0.500. The highest BCUT2D eigenvalue weighted by molar-refractivity contribution is 6.20. The molecular formula is C12H19ClN2. The lowest BCUT2D eigenvalue weighted by Crippen LogP contribution is -2.08. The average molecular weight is 227 g/mol. The first-order valence-electron chi connectivity index (χ1n) is 5.81. The second kappa shape index (κ2) is 4.17. The third-order valence-electron chi connectivity index (χ3n) is 3.45. The first kappa shape index (κ1) is 11.0. The van der Waals surface area contributed by atoms with Gasteiger partial charge < -0.3 is 0 Å². The minimum atomic E-state index is 0.0696. The summed E-state index contributed by atoms with van der Waals surface area (Å²) in [6.07, 6.45) is 5.24. The Morgan fingerprint density at radius 1 is 1.33 bits per heavy atom. The minimum absolute atomic E-state index is 0.0696. The first-order valence-corrected chi connectivity index (χ1v) is 6.24. The average Bonchev–Trinajstić information content (AvgIpc) is 2.72. The Bertz CT molecular complexity index is 349. The Morgan fingerprint density at radius 3 is 2.40 bits per heavy atom. The van der Waals surface area contributed by atoms with Crippen LogP contribution in [-0.2, 0) is 0 Å². The number of hydrogen-bond donors (Lipinski definition) is 0. The molecule has 1 aliphatic rings. The van der Waals surface area contributed by atoms with E-state index in [-0.39, 0.29) is 5.38 Å². The van der Waals surface area contributed by atoms with Gasteiger partial charge in [-0.3, -0.25) is 4.68 Å². The molecule has 0 amide bonds. The lowest BCUT2D eigenvalue weighted by molar-refractivity contribution is 0.454. The van der Waals surface area contributed by atoms with E-state index in [1.807, 2.05) is 6.92 Å². The second-order valence-corrected chi connectivity index (χ2v) is 5.24. The summed E-state index contributed by atoms with van der Waals surface area (Å²) in [5, 5.41) is 4.72. The molecule has 1 saturated carbocycles. The summed E-state index contributed by atoms with van der Waals surface area (Å²) < 4.78 is 2.20. The van der Waals surface area contributed by atoms with Crippen LogP contribution >= 0.6 is 11.6 Å². The number of nitrogens with zero attached hydrogens (tertiary/aromatic N) is 2. The van der Waals surface area contributed by atoms with Gasteiger partial charge in [-0.25, -0.2) is 0 Å². The third kappa shape index (κ3) is 1.92. The van der Waals surface area contributed by atoms with Crippen LogP contribution in [0.25, 0.3) is 0 Å². The highest BCUT2D eigenvalue weighted by atomic mass is 35.5. The van der Waals surface area contributed by atoms with E-state index in [1.165, 1.54) is 36.9 Å². The highest BCUT2D eigenvalue weighted by Gasteiger charge is 2.23. The van der Waals surface area contributed by atoms with E-state index in [2.05, 4.69) is 23.6 Å². The molecule has 1 heterocycles. The molecule has 84 valence electrons. The van der Waals surface area contributed by atoms with E-state index in [4.69, 9.17) is 11.6 Å². The molecule has 0 bridgehead atoms. The van der Waals surface area contributed by atoms with Gasteiger partial charge in [0.05, 0.1) is 17.1 Å². The van der Waals surface area contributed by atoms with E-state index in [9.17, 15) is 0 Å². The molecule has 1 fully saturated rings. The van der Waals surface area contributed by atoms with Crippen molar-refractivity contribution in [1.82, 2.24) is 9.78 Å². The number of hydrogen-bond acceptors (Lipinski definition) is 1. The number of halogens is 1. The van der Waals surface area contributed by atoms with Gasteiger partial charge >= 0.3 is 0 Å². The van der Waals surface area contributed by atoms with Crippen LogP contribution in [0.5, 0.6) is 0 Å². The quantitative estimate of drug-likeness (QED) is 0.699. The Kier molecular flexibility index (Phi) is 3.06. The highest BCUT2D eigenvalue weighted by Crippen LogP contribution is 2.34. The number of aromatic nitrogens is 2. The van der Waals surface area contributed by atoms with Gasteiger partial charge in [0.25, 0.3) is 0 Å². The van der Waals surface area contributed by atoms with Crippen molar-refractivity contribution < 1.29 is 0 Å². The summed E-state index contributed by atoms with van der Waals surface area (Å²) in [7, 11) is 0. The van der Waals surface area contributed by atoms with Crippen molar-refractivity contribution in [3.63, 3.8) is 0 Å². The van der Waals surface area contributed by atoms with Crippen molar-refractivity contribution in [3.05, 3.63) is 17.0 Å². The Balaban J connectivity index is 2.36. The van der Waals surface area contributed by atoms with Crippen molar-refractivity contribution in [2.45, 2.75) is 57.9 Å². The normalized spacial score (nSPS) is 19.7. The molecule has 0 aromatic carbocycles. The largest absolute Gasteiger partial charge is 0.266 e. The van der Waals surface area contributed by atoms with Crippen LogP contribution in [-0.4, -0.2) is 9.78 Å². The Labute approximate surface area is 96.6 Å². The van der Waals surface area contributed by atoms with E-state index >= 15 is 0 Å². The number of rotatable bonds is 2. The zero-order valence-corrected chi connectivity index (χ0v) is 10.5. The molecular weight excluding hydrogens is 208 g/mol.